The van der Waals surface area contributed by atoms with E-state index in [0.717, 1.165) is 0 Å². The van der Waals surface area contributed by atoms with Crippen LogP contribution in [-0.2, 0) is 9.47 Å². The van der Waals surface area contributed by atoms with Crippen molar-refractivity contribution in [1.29, 1.82) is 0 Å². The summed E-state index contributed by atoms with van der Waals surface area (Å²) in [6, 6.07) is 0.148. The molecule has 0 amide bonds. The zero-order chi connectivity index (χ0) is 22.5. The van der Waals surface area contributed by atoms with E-state index in [1.54, 1.807) is 30.2 Å². The van der Waals surface area contributed by atoms with E-state index in [4.69, 9.17) is 20.9 Å². The highest BCUT2D eigenvalue weighted by atomic mass is 32.1. The van der Waals surface area contributed by atoms with Crippen LogP contribution < -0.4 is 10.7 Å². The van der Waals surface area contributed by atoms with Gasteiger partial charge in [-0.15, -0.1) is 17.8 Å². The summed E-state index contributed by atoms with van der Waals surface area (Å²) in [6.07, 6.45) is 8.71. The summed E-state index contributed by atoms with van der Waals surface area (Å²) in [5.74, 6) is 2.59. The minimum absolute atomic E-state index is 0.00889. The van der Waals surface area contributed by atoms with Crippen molar-refractivity contribution >= 4 is 29.0 Å². The molecule has 2 aromatic heterocycles. The fourth-order valence-corrected chi connectivity index (χ4v) is 4.08. The van der Waals surface area contributed by atoms with Gasteiger partial charge in [0.15, 0.2) is 10.9 Å². The minimum atomic E-state index is -0.735. The number of aromatic nitrogens is 2. The quantitative estimate of drug-likeness (QED) is 0.312. The van der Waals surface area contributed by atoms with Crippen LogP contribution in [0.25, 0.3) is 5.13 Å². The fourth-order valence-electron chi connectivity index (χ4n) is 3.46. The lowest BCUT2D eigenvalue weighted by molar-refractivity contribution is 0.0524. The summed E-state index contributed by atoms with van der Waals surface area (Å²) in [5.41, 5.74) is -0.769. The smallest absolute Gasteiger partial charge is 0.343 e. The van der Waals surface area contributed by atoms with Crippen LogP contribution in [0.5, 0.6) is 0 Å². The van der Waals surface area contributed by atoms with Gasteiger partial charge in [-0.3, -0.25) is 9.36 Å². The lowest BCUT2D eigenvalue weighted by Gasteiger charge is -2.19. The summed E-state index contributed by atoms with van der Waals surface area (Å²) < 4.78 is 12.1. The molecule has 10 heteroatoms. The van der Waals surface area contributed by atoms with Gasteiger partial charge in [0, 0.05) is 38.0 Å². The topological polar surface area (TPSA) is 98.1 Å². The van der Waals surface area contributed by atoms with Crippen molar-refractivity contribution in [2.75, 3.05) is 33.9 Å². The predicted octanol–water partition coefficient (Wildman–Crippen LogP) is 1.42. The van der Waals surface area contributed by atoms with Crippen LogP contribution in [-0.4, -0.2) is 72.3 Å². The predicted molar refractivity (Wildman–Crippen MR) is 120 cm³/mol. The SMILES string of the molecule is C#Cc1c(N=C(C)N2CC(NC)C(OC)C2)n(-c2nccs2)cc(C(=O)OCC)c1=O. The number of rotatable bonds is 6. The van der Waals surface area contributed by atoms with Gasteiger partial charge >= 0.3 is 5.97 Å². The third kappa shape index (κ3) is 4.54. The summed E-state index contributed by atoms with van der Waals surface area (Å²) in [5, 5.41) is 5.55. The lowest BCUT2D eigenvalue weighted by Crippen LogP contribution is -2.37. The molecule has 1 saturated heterocycles. The Morgan fingerprint density at radius 2 is 2.26 bits per heavy atom. The van der Waals surface area contributed by atoms with Gasteiger partial charge in [-0.1, -0.05) is 5.92 Å². The fraction of sp³-hybridized carbons (Fsp3) is 0.429. The van der Waals surface area contributed by atoms with Crippen molar-refractivity contribution in [3.05, 3.63) is 39.1 Å². The number of carbonyl (C=O) groups is 1. The molecule has 31 heavy (non-hydrogen) atoms. The molecule has 0 radical (unpaired) electrons. The van der Waals surface area contributed by atoms with Gasteiger partial charge in [0.2, 0.25) is 5.43 Å². The number of likely N-dealkylation sites (tertiary alicyclic amines) is 1. The van der Waals surface area contributed by atoms with Crippen molar-refractivity contribution < 1.29 is 14.3 Å². The van der Waals surface area contributed by atoms with Crippen LogP contribution in [0.15, 0.2) is 27.6 Å². The monoisotopic (exact) mass is 443 g/mol. The molecule has 3 heterocycles. The van der Waals surface area contributed by atoms with Gasteiger partial charge in [-0.25, -0.2) is 14.8 Å². The first-order valence-corrected chi connectivity index (χ1v) is 10.7. The molecule has 0 aliphatic carbocycles. The average molecular weight is 444 g/mol. The number of nitrogens with one attached hydrogen (secondary N) is 1. The second kappa shape index (κ2) is 9.87. The molecule has 1 fully saturated rings. The molecule has 9 nitrogen and oxygen atoms in total. The van der Waals surface area contributed by atoms with E-state index in [0.29, 0.717) is 24.1 Å². The molecule has 2 aromatic rings. The number of amidine groups is 1. The van der Waals surface area contributed by atoms with Gasteiger partial charge in [0.25, 0.3) is 0 Å². The maximum absolute atomic E-state index is 13.0. The van der Waals surface area contributed by atoms with E-state index < -0.39 is 11.4 Å². The van der Waals surface area contributed by atoms with Gasteiger partial charge in [0.05, 0.1) is 18.8 Å². The summed E-state index contributed by atoms with van der Waals surface area (Å²) in [7, 11) is 3.56. The Labute approximate surface area is 184 Å². The molecular formula is C21H25N5O4S. The van der Waals surface area contributed by atoms with Gasteiger partial charge in [0.1, 0.15) is 17.0 Å². The standard InChI is InChI=1S/C21H25N5O4S/c1-6-14-18(27)15(20(28)30-7-2)10-26(21-23-8-9-31-21)19(14)24-13(3)25-11-16(22-4)17(12-25)29-5/h1,8-10,16-17,22H,7,11-12H2,2-5H3. The second-order valence-electron chi connectivity index (χ2n) is 6.85. The Bertz CT molecular complexity index is 1060. The van der Waals surface area contributed by atoms with E-state index >= 15 is 0 Å². The Balaban J connectivity index is 2.14. The third-order valence-electron chi connectivity index (χ3n) is 5.11. The number of hydrogen-bond acceptors (Lipinski definition) is 8. The summed E-state index contributed by atoms with van der Waals surface area (Å²) in [6.45, 7) is 5.00. The van der Waals surface area contributed by atoms with E-state index in [9.17, 15) is 9.59 Å². The van der Waals surface area contributed by atoms with Crippen LogP contribution in [0, 0.1) is 12.3 Å². The Morgan fingerprint density at radius 3 is 2.81 bits per heavy atom. The van der Waals surface area contributed by atoms with Crippen molar-refractivity contribution in [1.82, 2.24) is 19.8 Å². The Morgan fingerprint density at radius 1 is 1.48 bits per heavy atom. The number of nitrogens with zero attached hydrogens (tertiary/aromatic N) is 4. The number of ether oxygens (including phenoxy) is 2. The molecule has 0 spiro atoms. The van der Waals surface area contributed by atoms with E-state index in [2.05, 4.69) is 21.1 Å². The van der Waals surface area contributed by atoms with Gasteiger partial charge < -0.3 is 19.7 Å². The van der Waals surface area contributed by atoms with E-state index in [-0.39, 0.29) is 35.7 Å². The van der Waals surface area contributed by atoms with Crippen LogP contribution >= 0.6 is 11.3 Å². The Hall–Kier alpha value is -3.00. The molecule has 1 aliphatic heterocycles. The highest BCUT2D eigenvalue weighted by Gasteiger charge is 2.32. The zero-order valence-corrected chi connectivity index (χ0v) is 18.7. The molecule has 1 N–H and O–H groups in total. The first kappa shape index (κ1) is 22.7. The zero-order valence-electron chi connectivity index (χ0n) is 17.9. The maximum Gasteiger partial charge on any atom is 0.343 e. The number of pyridine rings is 1. The van der Waals surface area contributed by atoms with Crippen LogP contribution in [0.1, 0.15) is 29.8 Å². The first-order chi connectivity index (χ1) is 14.9. The van der Waals surface area contributed by atoms with Crippen LogP contribution in [0.2, 0.25) is 0 Å². The lowest BCUT2D eigenvalue weighted by atomic mass is 10.1. The van der Waals surface area contributed by atoms with Crippen LogP contribution in [0.3, 0.4) is 0 Å². The molecule has 0 saturated carbocycles. The maximum atomic E-state index is 13.0. The van der Waals surface area contributed by atoms with Crippen molar-refractivity contribution in [3.8, 4) is 17.5 Å². The molecule has 164 valence electrons. The van der Waals surface area contributed by atoms with Gasteiger partial charge in [-0.05, 0) is 20.9 Å². The highest BCUT2D eigenvalue weighted by molar-refractivity contribution is 7.12. The normalized spacial score (nSPS) is 18.8. The molecule has 0 aromatic carbocycles. The number of terminal acetylenes is 1. The van der Waals surface area contributed by atoms with Crippen LogP contribution in [0.4, 0.5) is 5.82 Å². The summed E-state index contributed by atoms with van der Waals surface area (Å²) >= 11 is 1.33. The molecule has 3 rings (SSSR count). The van der Waals surface area contributed by atoms with E-state index in [1.165, 1.54) is 17.5 Å². The Kier molecular flexibility index (Phi) is 7.22. The highest BCUT2D eigenvalue weighted by Crippen LogP contribution is 2.25. The van der Waals surface area contributed by atoms with Gasteiger partial charge in [-0.2, -0.15) is 0 Å². The van der Waals surface area contributed by atoms with Crippen molar-refractivity contribution in [2.24, 2.45) is 4.99 Å². The summed E-state index contributed by atoms with van der Waals surface area (Å²) in [4.78, 5) is 36.4. The van der Waals surface area contributed by atoms with Crippen molar-refractivity contribution in [3.63, 3.8) is 0 Å². The number of thiazole rings is 1. The molecule has 1 aliphatic rings. The molecular weight excluding hydrogens is 418 g/mol. The minimum Gasteiger partial charge on any atom is -0.462 e. The average Bonchev–Trinajstić information content (AvgIpc) is 3.44. The molecule has 2 atom stereocenters. The van der Waals surface area contributed by atoms with E-state index in [1.807, 2.05) is 14.0 Å². The third-order valence-corrected chi connectivity index (χ3v) is 5.88. The first-order valence-electron chi connectivity index (χ1n) is 9.78. The number of carbonyl (C=O) groups excluding carboxylic acids is 1. The molecule has 0 bridgehead atoms. The number of aliphatic imine (C=N–C) groups is 1. The second-order valence-corrected chi connectivity index (χ2v) is 7.73. The number of likely N-dealkylation sites (N-methyl/N-ethyl adjacent to an activating group) is 1. The molecule has 2 unspecified atom stereocenters. The number of esters is 1. The van der Waals surface area contributed by atoms with Crippen molar-refractivity contribution in [2.45, 2.75) is 26.0 Å². The number of methoxy groups -OCH3 is 1. The number of hydrogen-bond donors (Lipinski definition) is 1. The largest absolute Gasteiger partial charge is 0.462 e.